The van der Waals surface area contributed by atoms with Gasteiger partial charge in [-0.3, -0.25) is 0 Å². The van der Waals surface area contributed by atoms with E-state index in [0.29, 0.717) is 34.2 Å². The number of nitrogens with zero attached hydrogens (tertiary/aromatic N) is 3. The van der Waals surface area contributed by atoms with Crippen LogP contribution in [0.4, 0.5) is 0 Å². The van der Waals surface area contributed by atoms with E-state index in [1.165, 1.54) is 10.2 Å². The van der Waals surface area contributed by atoms with E-state index in [-0.39, 0.29) is 10.5 Å². The molecule has 0 amide bonds. The Morgan fingerprint density at radius 3 is 2.42 bits per heavy atom. The molecule has 2 aromatic carbocycles. The summed E-state index contributed by atoms with van der Waals surface area (Å²) in [6.07, 6.45) is 1.51. The summed E-state index contributed by atoms with van der Waals surface area (Å²) < 4.78 is 39.3. The molecule has 33 heavy (non-hydrogen) atoms. The highest BCUT2D eigenvalue weighted by atomic mass is 32.2. The van der Waals surface area contributed by atoms with Crippen LogP contribution in [0.3, 0.4) is 0 Å². The van der Waals surface area contributed by atoms with Crippen LogP contribution in [0.5, 0.6) is 5.75 Å². The standard InChI is InChI=1S/C25H21N3O4S/c1-16-7-10-20(11-8-16)33(29,30)28-14-13-21-23(18-5-4-6-19(15-18)31-3)26-24(27-25(21)28)22-12-9-17(2)32-22/h4-15H,1-3H3. The van der Waals surface area contributed by atoms with Gasteiger partial charge in [-0.15, -0.1) is 0 Å². The van der Waals surface area contributed by atoms with Gasteiger partial charge in [-0.05, 0) is 56.3 Å². The van der Waals surface area contributed by atoms with Crippen molar-refractivity contribution in [3.05, 3.63) is 84.3 Å². The highest BCUT2D eigenvalue weighted by molar-refractivity contribution is 7.90. The fourth-order valence-electron chi connectivity index (χ4n) is 3.66. The number of methoxy groups -OCH3 is 1. The number of furan rings is 1. The van der Waals surface area contributed by atoms with Gasteiger partial charge in [0.1, 0.15) is 11.5 Å². The van der Waals surface area contributed by atoms with Crippen molar-refractivity contribution in [3.8, 4) is 28.6 Å². The summed E-state index contributed by atoms with van der Waals surface area (Å²) in [4.78, 5) is 9.53. The first-order chi connectivity index (χ1) is 15.9. The Labute approximate surface area is 191 Å². The van der Waals surface area contributed by atoms with Crippen molar-refractivity contribution in [2.45, 2.75) is 18.7 Å². The van der Waals surface area contributed by atoms with E-state index in [2.05, 4.69) is 4.98 Å². The summed E-state index contributed by atoms with van der Waals surface area (Å²) in [5, 5.41) is 0.603. The summed E-state index contributed by atoms with van der Waals surface area (Å²) in [6, 6.07) is 19.5. The zero-order valence-electron chi connectivity index (χ0n) is 18.3. The van der Waals surface area contributed by atoms with Gasteiger partial charge >= 0.3 is 0 Å². The first-order valence-electron chi connectivity index (χ1n) is 10.3. The lowest BCUT2D eigenvalue weighted by atomic mass is 10.1. The Balaban J connectivity index is 1.79. The van der Waals surface area contributed by atoms with Crippen LogP contribution in [-0.4, -0.2) is 29.5 Å². The minimum atomic E-state index is -3.87. The molecule has 0 aliphatic carbocycles. The second-order valence-corrected chi connectivity index (χ2v) is 9.52. The van der Waals surface area contributed by atoms with Gasteiger partial charge in [0.05, 0.1) is 17.7 Å². The minimum Gasteiger partial charge on any atom is -0.497 e. The third-order valence-corrected chi connectivity index (χ3v) is 7.07. The average Bonchev–Trinajstić information content (AvgIpc) is 3.45. The van der Waals surface area contributed by atoms with Crippen LogP contribution in [-0.2, 0) is 10.0 Å². The third-order valence-electron chi connectivity index (χ3n) is 5.39. The fourth-order valence-corrected chi connectivity index (χ4v) is 4.96. The molecule has 0 fully saturated rings. The van der Waals surface area contributed by atoms with Crippen LogP contribution in [0.2, 0.25) is 0 Å². The molecule has 0 radical (unpaired) electrons. The van der Waals surface area contributed by atoms with Crippen molar-refractivity contribution in [2.24, 2.45) is 0 Å². The lowest BCUT2D eigenvalue weighted by Crippen LogP contribution is -2.13. The summed E-state index contributed by atoms with van der Waals surface area (Å²) >= 11 is 0. The number of ether oxygens (including phenoxy) is 1. The summed E-state index contributed by atoms with van der Waals surface area (Å²) in [6.45, 7) is 3.74. The third kappa shape index (κ3) is 3.68. The van der Waals surface area contributed by atoms with E-state index in [1.54, 1.807) is 43.5 Å². The zero-order valence-corrected chi connectivity index (χ0v) is 19.1. The maximum atomic E-state index is 13.5. The molecule has 0 spiro atoms. The van der Waals surface area contributed by atoms with Crippen LogP contribution in [0.1, 0.15) is 11.3 Å². The van der Waals surface area contributed by atoms with Gasteiger partial charge in [0.25, 0.3) is 10.0 Å². The molecule has 8 heteroatoms. The molecule has 0 atom stereocenters. The van der Waals surface area contributed by atoms with E-state index in [0.717, 1.165) is 11.1 Å². The van der Waals surface area contributed by atoms with Crippen LogP contribution in [0.25, 0.3) is 33.9 Å². The number of rotatable bonds is 5. The van der Waals surface area contributed by atoms with Crippen molar-refractivity contribution in [1.82, 2.24) is 13.9 Å². The van der Waals surface area contributed by atoms with Crippen LogP contribution >= 0.6 is 0 Å². The molecule has 0 N–H and O–H groups in total. The first-order valence-corrected chi connectivity index (χ1v) is 11.7. The van der Waals surface area contributed by atoms with E-state index in [9.17, 15) is 8.42 Å². The predicted molar refractivity (Wildman–Crippen MR) is 126 cm³/mol. The van der Waals surface area contributed by atoms with Gasteiger partial charge in [0, 0.05) is 17.1 Å². The normalized spacial score (nSPS) is 11.7. The molecule has 3 aromatic heterocycles. The Kier molecular flexibility index (Phi) is 5.02. The summed E-state index contributed by atoms with van der Waals surface area (Å²) in [5.41, 5.74) is 2.61. The Morgan fingerprint density at radius 1 is 0.939 bits per heavy atom. The van der Waals surface area contributed by atoms with Crippen molar-refractivity contribution < 1.29 is 17.6 Å². The summed E-state index contributed by atoms with van der Waals surface area (Å²) in [5.74, 6) is 2.13. The lowest BCUT2D eigenvalue weighted by molar-refractivity contribution is 0.415. The quantitative estimate of drug-likeness (QED) is 0.358. The largest absolute Gasteiger partial charge is 0.497 e. The van der Waals surface area contributed by atoms with E-state index < -0.39 is 10.0 Å². The lowest BCUT2D eigenvalue weighted by Gasteiger charge is -2.10. The average molecular weight is 460 g/mol. The molecular weight excluding hydrogens is 438 g/mol. The number of hydrogen-bond acceptors (Lipinski definition) is 6. The molecule has 3 heterocycles. The molecule has 0 aliphatic rings. The number of aryl methyl sites for hydroxylation is 2. The molecule has 7 nitrogen and oxygen atoms in total. The predicted octanol–water partition coefficient (Wildman–Crippen LogP) is 5.22. The molecule has 0 bridgehead atoms. The highest BCUT2D eigenvalue weighted by Gasteiger charge is 2.23. The minimum absolute atomic E-state index is 0.183. The van der Waals surface area contributed by atoms with Gasteiger partial charge in [-0.25, -0.2) is 22.4 Å². The van der Waals surface area contributed by atoms with Gasteiger partial charge in [0.2, 0.25) is 0 Å². The topological polar surface area (TPSA) is 87.2 Å². The van der Waals surface area contributed by atoms with Gasteiger partial charge in [0.15, 0.2) is 17.2 Å². The van der Waals surface area contributed by atoms with E-state index in [1.807, 2.05) is 44.2 Å². The Bertz CT molecular complexity index is 1580. The number of benzene rings is 2. The van der Waals surface area contributed by atoms with E-state index in [4.69, 9.17) is 14.1 Å². The van der Waals surface area contributed by atoms with Crippen LogP contribution in [0.15, 0.2) is 82.2 Å². The smallest absolute Gasteiger partial charge is 0.269 e. The molecule has 166 valence electrons. The van der Waals surface area contributed by atoms with Crippen LogP contribution < -0.4 is 4.74 Å². The van der Waals surface area contributed by atoms with E-state index >= 15 is 0 Å². The Morgan fingerprint density at radius 2 is 1.73 bits per heavy atom. The second kappa shape index (κ2) is 7.90. The van der Waals surface area contributed by atoms with Crippen molar-refractivity contribution in [1.29, 1.82) is 0 Å². The van der Waals surface area contributed by atoms with Crippen LogP contribution in [0, 0.1) is 13.8 Å². The maximum Gasteiger partial charge on any atom is 0.269 e. The van der Waals surface area contributed by atoms with Gasteiger partial charge < -0.3 is 9.15 Å². The molecule has 0 unspecified atom stereocenters. The molecule has 5 rings (SSSR count). The van der Waals surface area contributed by atoms with Gasteiger partial charge in [-0.2, -0.15) is 0 Å². The number of fused-ring (bicyclic) bond motifs is 1. The maximum absolute atomic E-state index is 13.5. The summed E-state index contributed by atoms with van der Waals surface area (Å²) in [7, 11) is -2.28. The zero-order chi connectivity index (χ0) is 23.2. The van der Waals surface area contributed by atoms with Crippen molar-refractivity contribution in [2.75, 3.05) is 7.11 Å². The molecule has 0 aliphatic heterocycles. The number of hydrogen-bond donors (Lipinski definition) is 0. The first kappa shape index (κ1) is 21.0. The van der Waals surface area contributed by atoms with Crippen molar-refractivity contribution in [3.63, 3.8) is 0 Å². The second-order valence-electron chi connectivity index (χ2n) is 7.71. The van der Waals surface area contributed by atoms with Crippen molar-refractivity contribution >= 4 is 21.1 Å². The SMILES string of the molecule is COc1cccc(-c2nc(-c3ccc(C)o3)nc3c2ccn3S(=O)(=O)c2ccc(C)cc2)c1. The van der Waals surface area contributed by atoms with Gasteiger partial charge in [-0.1, -0.05) is 29.8 Å². The fraction of sp³-hybridized carbons (Fsp3) is 0.120. The molecule has 0 saturated carbocycles. The Hall–Kier alpha value is -3.91. The number of aromatic nitrogens is 3. The molecular formula is C25H21N3O4S. The molecule has 5 aromatic rings. The highest BCUT2D eigenvalue weighted by Crippen LogP contribution is 2.33. The molecule has 0 saturated heterocycles. The monoisotopic (exact) mass is 459 g/mol.